The number of aliphatic carboxylic acids is 1. The summed E-state index contributed by atoms with van der Waals surface area (Å²) in [4.78, 5) is 21.3. The minimum absolute atomic E-state index is 0.317. The average molecular weight is 211 g/mol. The van der Waals surface area contributed by atoms with Crippen molar-refractivity contribution in [3.63, 3.8) is 0 Å². The third kappa shape index (κ3) is 5.20. The van der Waals surface area contributed by atoms with Crippen LogP contribution in [0.15, 0.2) is 12.2 Å². The van der Waals surface area contributed by atoms with Crippen LogP contribution in [0.2, 0.25) is 0 Å². The fourth-order valence-electron chi connectivity index (χ4n) is 1.84. The number of rotatable bonds is 4. The summed E-state index contributed by atoms with van der Waals surface area (Å²) in [6, 6.07) is 0. The second kappa shape index (κ2) is 6.22. The first-order chi connectivity index (χ1) is 7.18. The number of nitrogens with one attached hydrogen (secondary N) is 1. The van der Waals surface area contributed by atoms with Gasteiger partial charge in [-0.15, -0.1) is 0 Å². The average Bonchev–Trinajstić information content (AvgIpc) is 2.25. The highest BCUT2D eigenvalue weighted by molar-refractivity contribution is 5.93. The molecule has 0 saturated heterocycles. The molecule has 0 heterocycles. The highest BCUT2D eigenvalue weighted by Gasteiger charge is 2.13. The lowest BCUT2D eigenvalue weighted by molar-refractivity contribution is -0.131. The molecule has 2 N–H and O–H groups in total. The minimum atomic E-state index is -1.09. The van der Waals surface area contributed by atoms with Gasteiger partial charge in [0.1, 0.15) is 0 Å². The van der Waals surface area contributed by atoms with Gasteiger partial charge in [0, 0.05) is 18.7 Å². The Bertz CT molecular complexity index is 255. The maximum Gasteiger partial charge on any atom is 0.328 e. The molecule has 0 unspecified atom stereocenters. The van der Waals surface area contributed by atoms with Gasteiger partial charge in [0.25, 0.3) is 0 Å². The molecule has 0 spiro atoms. The smallest absolute Gasteiger partial charge is 0.328 e. The van der Waals surface area contributed by atoms with Crippen LogP contribution in [-0.4, -0.2) is 23.5 Å². The zero-order valence-electron chi connectivity index (χ0n) is 8.74. The molecule has 0 aliphatic heterocycles. The fourth-order valence-corrected chi connectivity index (χ4v) is 1.84. The summed E-state index contributed by atoms with van der Waals surface area (Å²) >= 11 is 0. The van der Waals surface area contributed by atoms with E-state index in [2.05, 4.69) is 5.32 Å². The molecule has 1 amide bonds. The third-order valence-corrected chi connectivity index (χ3v) is 2.67. The predicted octanol–water partition coefficient (Wildman–Crippen LogP) is 1.32. The quantitative estimate of drug-likeness (QED) is 0.689. The van der Waals surface area contributed by atoms with E-state index in [1.807, 2.05) is 0 Å². The summed E-state index contributed by atoms with van der Waals surface area (Å²) in [6.07, 6.45) is 8.04. The van der Waals surface area contributed by atoms with E-state index < -0.39 is 5.97 Å². The van der Waals surface area contributed by atoms with Gasteiger partial charge in [0.15, 0.2) is 0 Å². The lowest BCUT2D eigenvalue weighted by Gasteiger charge is -2.21. The van der Waals surface area contributed by atoms with Gasteiger partial charge in [-0.1, -0.05) is 19.3 Å². The molecule has 84 valence electrons. The topological polar surface area (TPSA) is 66.4 Å². The molecule has 4 heteroatoms. The highest BCUT2D eigenvalue weighted by atomic mass is 16.4. The van der Waals surface area contributed by atoms with Gasteiger partial charge >= 0.3 is 5.97 Å². The zero-order valence-corrected chi connectivity index (χ0v) is 8.74. The summed E-state index contributed by atoms with van der Waals surface area (Å²) in [7, 11) is 0. The second-order valence-corrected chi connectivity index (χ2v) is 3.92. The lowest BCUT2D eigenvalue weighted by atomic mass is 9.89. The van der Waals surface area contributed by atoms with Gasteiger partial charge in [0.05, 0.1) is 0 Å². The molecule has 0 aromatic carbocycles. The SMILES string of the molecule is O=C(O)/C=C/C(=O)NCC1CCCCC1. The Balaban J connectivity index is 2.18. The first-order valence-electron chi connectivity index (χ1n) is 5.37. The van der Waals surface area contributed by atoms with Crippen LogP contribution in [0, 0.1) is 5.92 Å². The van der Waals surface area contributed by atoms with E-state index in [9.17, 15) is 9.59 Å². The van der Waals surface area contributed by atoms with Crippen molar-refractivity contribution < 1.29 is 14.7 Å². The Hall–Kier alpha value is -1.32. The van der Waals surface area contributed by atoms with E-state index in [0.29, 0.717) is 12.5 Å². The van der Waals surface area contributed by atoms with Gasteiger partial charge in [-0.25, -0.2) is 4.79 Å². The van der Waals surface area contributed by atoms with Crippen LogP contribution in [-0.2, 0) is 9.59 Å². The van der Waals surface area contributed by atoms with Crippen molar-refractivity contribution in [2.24, 2.45) is 5.92 Å². The van der Waals surface area contributed by atoms with Gasteiger partial charge in [0.2, 0.25) is 5.91 Å². The van der Waals surface area contributed by atoms with Gasteiger partial charge in [-0.05, 0) is 18.8 Å². The van der Waals surface area contributed by atoms with E-state index in [1.165, 1.54) is 32.1 Å². The molecule has 1 aliphatic carbocycles. The number of carbonyl (C=O) groups is 2. The largest absolute Gasteiger partial charge is 0.478 e. The second-order valence-electron chi connectivity index (χ2n) is 3.92. The van der Waals surface area contributed by atoms with Gasteiger partial charge < -0.3 is 10.4 Å². The molecular weight excluding hydrogens is 194 g/mol. The van der Waals surface area contributed by atoms with Gasteiger partial charge in [-0.3, -0.25) is 4.79 Å². The van der Waals surface area contributed by atoms with Gasteiger partial charge in [-0.2, -0.15) is 0 Å². The van der Waals surface area contributed by atoms with Crippen molar-refractivity contribution in [3.8, 4) is 0 Å². The number of hydrogen-bond acceptors (Lipinski definition) is 2. The molecule has 0 radical (unpaired) electrons. The molecule has 1 aliphatic rings. The monoisotopic (exact) mass is 211 g/mol. The molecule has 0 aromatic heterocycles. The van der Waals surface area contributed by atoms with E-state index in [1.54, 1.807) is 0 Å². The standard InChI is InChI=1S/C11H17NO3/c13-10(6-7-11(14)15)12-8-9-4-2-1-3-5-9/h6-7,9H,1-5,8H2,(H,12,13)(H,14,15)/b7-6+. The maximum atomic E-state index is 11.1. The maximum absolute atomic E-state index is 11.1. The molecule has 15 heavy (non-hydrogen) atoms. The fraction of sp³-hybridized carbons (Fsp3) is 0.636. The normalized spacial score (nSPS) is 17.9. The van der Waals surface area contributed by atoms with Crippen LogP contribution >= 0.6 is 0 Å². The van der Waals surface area contributed by atoms with Crippen LogP contribution in [0.1, 0.15) is 32.1 Å². The van der Waals surface area contributed by atoms with Crippen molar-refractivity contribution in [1.29, 1.82) is 0 Å². The number of carbonyl (C=O) groups excluding carboxylic acids is 1. The zero-order chi connectivity index (χ0) is 11.1. The Morgan fingerprint density at radius 1 is 1.20 bits per heavy atom. The molecule has 4 nitrogen and oxygen atoms in total. The number of carboxylic acids is 1. The molecule has 0 aromatic rings. The highest BCUT2D eigenvalue weighted by Crippen LogP contribution is 2.22. The van der Waals surface area contributed by atoms with Crippen molar-refractivity contribution in [2.45, 2.75) is 32.1 Å². The van der Waals surface area contributed by atoms with E-state index in [4.69, 9.17) is 5.11 Å². The Morgan fingerprint density at radius 3 is 2.47 bits per heavy atom. The molecule has 1 fully saturated rings. The van der Waals surface area contributed by atoms with Crippen LogP contribution in [0.4, 0.5) is 0 Å². The summed E-state index contributed by atoms with van der Waals surface area (Å²) in [5.74, 6) is -0.841. The first-order valence-corrected chi connectivity index (χ1v) is 5.37. The Labute approximate surface area is 89.4 Å². The van der Waals surface area contributed by atoms with Crippen LogP contribution in [0.5, 0.6) is 0 Å². The molecule has 0 bridgehead atoms. The van der Waals surface area contributed by atoms with E-state index in [0.717, 1.165) is 12.2 Å². The third-order valence-electron chi connectivity index (χ3n) is 2.67. The van der Waals surface area contributed by atoms with Crippen molar-refractivity contribution in [2.75, 3.05) is 6.54 Å². The van der Waals surface area contributed by atoms with Crippen molar-refractivity contribution in [1.82, 2.24) is 5.32 Å². The van der Waals surface area contributed by atoms with Crippen LogP contribution < -0.4 is 5.32 Å². The van der Waals surface area contributed by atoms with Crippen LogP contribution in [0.25, 0.3) is 0 Å². The number of carboxylic acid groups (broad SMARTS) is 1. The summed E-state index contributed by atoms with van der Waals surface area (Å²) < 4.78 is 0. The molecule has 1 rings (SSSR count). The van der Waals surface area contributed by atoms with Crippen molar-refractivity contribution in [3.05, 3.63) is 12.2 Å². The van der Waals surface area contributed by atoms with E-state index in [-0.39, 0.29) is 5.91 Å². The van der Waals surface area contributed by atoms with Crippen molar-refractivity contribution >= 4 is 11.9 Å². The molecule has 0 atom stereocenters. The molecular formula is C11H17NO3. The Morgan fingerprint density at radius 2 is 1.87 bits per heavy atom. The predicted molar refractivity (Wildman–Crippen MR) is 56.4 cm³/mol. The number of amides is 1. The summed E-state index contributed by atoms with van der Waals surface area (Å²) in [6.45, 7) is 0.669. The molecule has 1 saturated carbocycles. The summed E-state index contributed by atoms with van der Waals surface area (Å²) in [5, 5.41) is 11.0. The van der Waals surface area contributed by atoms with Crippen LogP contribution in [0.3, 0.4) is 0 Å². The number of hydrogen-bond donors (Lipinski definition) is 2. The summed E-state index contributed by atoms with van der Waals surface area (Å²) in [5.41, 5.74) is 0. The minimum Gasteiger partial charge on any atom is -0.478 e. The Kier molecular flexibility index (Phi) is 4.87. The first kappa shape index (κ1) is 11.8. The lowest BCUT2D eigenvalue weighted by Crippen LogP contribution is -2.28. The van der Waals surface area contributed by atoms with E-state index >= 15 is 0 Å².